The molecule has 0 spiro atoms. The van der Waals surface area contributed by atoms with E-state index in [0.29, 0.717) is 17.8 Å². The average molecular weight is 836 g/mol. The van der Waals surface area contributed by atoms with Crippen molar-refractivity contribution in [2.45, 2.75) is 24.2 Å². The summed E-state index contributed by atoms with van der Waals surface area (Å²) in [5.74, 6) is 7.68. The summed E-state index contributed by atoms with van der Waals surface area (Å²) in [4.78, 5) is 2.26. The molecule has 5 aliphatic rings. The Hall–Kier alpha value is -7.89. The number of para-hydroxylation sites is 4. The minimum absolute atomic E-state index is 0.114. The molecule has 5 nitrogen and oxygen atoms in total. The summed E-state index contributed by atoms with van der Waals surface area (Å²) in [6, 6.07) is 73.2. The van der Waals surface area contributed by atoms with Gasteiger partial charge in [-0.2, -0.15) is 0 Å². The Morgan fingerprint density at radius 2 is 0.723 bits per heavy atom. The lowest BCUT2D eigenvalue weighted by Gasteiger charge is -2.46. The highest BCUT2D eigenvalue weighted by Gasteiger charge is 2.48. The standard InChI is InChI=1S/C58H39B2NO4/c1-5-17-36(18-6-1)42-33-43(56(42)37-19-7-2-8-20-37)38-29-52-57-53(30-38)64-50-34-47-51(35-46(50)59(57)44-25-13-15-27-48(44)62-52)65-55-32-41(31-54-58(55)60(47)45-26-14-16-28-49(45)63-54)61(39-21-9-3-10-22-39)40-23-11-4-12-24-40/h1-32,34-35,42-43,56H,33H2/t42?,43?,56-/m0/s1. The van der Waals surface area contributed by atoms with Gasteiger partial charge in [0.05, 0.1) is 5.69 Å². The van der Waals surface area contributed by atoms with Crippen molar-refractivity contribution < 1.29 is 18.9 Å². The van der Waals surface area contributed by atoms with Crippen LogP contribution in [0.2, 0.25) is 0 Å². The number of hydrogen-bond acceptors (Lipinski definition) is 5. The summed E-state index contributed by atoms with van der Waals surface area (Å²) in [7, 11) is 0. The topological polar surface area (TPSA) is 40.2 Å². The Balaban J connectivity index is 0.918. The van der Waals surface area contributed by atoms with E-state index in [1.807, 2.05) is 18.2 Å². The van der Waals surface area contributed by atoms with E-state index in [9.17, 15) is 0 Å². The molecule has 65 heavy (non-hydrogen) atoms. The predicted molar refractivity (Wildman–Crippen MR) is 262 cm³/mol. The van der Waals surface area contributed by atoms with Crippen molar-refractivity contribution in [2.75, 3.05) is 4.90 Å². The van der Waals surface area contributed by atoms with Gasteiger partial charge in [0, 0.05) is 34.4 Å². The molecule has 9 aromatic rings. The third-order valence-corrected chi connectivity index (χ3v) is 14.4. The lowest BCUT2D eigenvalue weighted by atomic mass is 9.32. The first kappa shape index (κ1) is 36.6. The second-order valence-corrected chi connectivity index (χ2v) is 17.9. The first-order valence-corrected chi connectivity index (χ1v) is 22.6. The summed E-state index contributed by atoms with van der Waals surface area (Å²) in [5.41, 5.74) is 13.4. The van der Waals surface area contributed by atoms with Gasteiger partial charge in [0.1, 0.15) is 46.0 Å². The molecule has 0 N–H and O–H groups in total. The molecule has 7 heteroatoms. The summed E-state index contributed by atoms with van der Waals surface area (Å²) in [6.45, 7) is -0.253. The summed E-state index contributed by atoms with van der Waals surface area (Å²) in [6.07, 6.45) is 1.05. The van der Waals surface area contributed by atoms with Crippen molar-refractivity contribution >= 4 is 63.3 Å². The van der Waals surface area contributed by atoms with Crippen LogP contribution in [0.25, 0.3) is 0 Å². The van der Waals surface area contributed by atoms with E-state index in [1.54, 1.807) is 0 Å². The molecule has 0 bridgehead atoms. The molecule has 9 aromatic carbocycles. The fourth-order valence-corrected chi connectivity index (χ4v) is 11.5. The molecule has 0 saturated heterocycles. The van der Waals surface area contributed by atoms with Gasteiger partial charge in [-0.05, 0) is 123 Å². The van der Waals surface area contributed by atoms with E-state index in [-0.39, 0.29) is 13.4 Å². The number of anilines is 3. The number of rotatable bonds is 6. The smallest absolute Gasteiger partial charge is 0.260 e. The van der Waals surface area contributed by atoms with Crippen molar-refractivity contribution in [3.05, 3.63) is 223 Å². The van der Waals surface area contributed by atoms with Crippen LogP contribution in [0.3, 0.4) is 0 Å². The van der Waals surface area contributed by atoms with E-state index in [2.05, 4.69) is 193 Å². The quantitative estimate of drug-likeness (QED) is 0.156. The SMILES string of the molecule is c1ccc(C2CC(c3cc4c5c(c3)Oc3cc6c(cc3B5c3ccccc3O4)Oc3cc(N(c4ccccc4)c4ccccc4)cc4c3B6c3ccccc3O4)[C@H]2c2ccccc2)cc1. The minimum Gasteiger partial charge on any atom is -0.458 e. The zero-order chi connectivity index (χ0) is 42.6. The van der Waals surface area contributed by atoms with Crippen LogP contribution in [-0.4, -0.2) is 13.4 Å². The molecule has 14 rings (SSSR count). The van der Waals surface area contributed by atoms with E-state index in [4.69, 9.17) is 18.9 Å². The van der Waals surface area contributed by atoms with Crippen LogP contribution < -0.4 is 56.6 Å². The van der Waals surface area contributed by atoms with Gasteiger partial charge in [0.2, 0.25) is 0 Å². The molecule has 1 saturated carbocycles. The monoisotopic (exact) mass is 835 g/mol. The molecule has 306 valence electrons. The number of hydrogen-bond donors (Lipinski definition) is 0. The zero-order valence-electron chi connectivity index (χ0n) is 35.3. The molecule has 1 fully saturated rings. The Morgan fingerprint density at radius 3 is 1.23 bits per heavy atom. The van der Waals surface area contributed by atoms with Gasteiger partial charge in [-0.15, -0.1) is 0 Å². The van der Waals surface area contributed by atoms with Crippen molar-refractivity contribution in [1.29, 1.82) is 0 Å². The maximum Gasteiger partial charge on any atom is 0.260 e. The normalized spacial score (nSPS) is 17.4. The molecule has 4 heterocycles. The van der Waals surface area contributed by atoms with Crippen molar-refractivity contribution in [1.82, 2.24) is 0 Å². The van der Waals surface area contributed by atoms with Crippen LogP contribution in [0, 0.1) is 0 Å². The second-order valence-electron chi connectivity index (χ2n) is 17.9. The van der Waals surface area contributed by atoms with Crippen LogP contribution in [0.5, 0.6) is 46.0 Å². The zero-order valence-corrected chi connectivity index (χ0v) is 35.3. The van der Waals surface area contributed by atoms with E-state index in [0.717, 1.165) is 102 Å². The van der Waals surface area contributed by atoms with Gasteiger partial charge in [-0.3, -0.25) is 0 Å². The molecular weight excluding hydrogens is 796 g/mol. The van der Waals surface area contributed by atoms with Crippen LogP contribution in [0.4, 0.5) is 17.1 Å². The van der Waals surface area contributed by atoms with Crippen molar-refractivity contribution in [3.8, 4) is 46.0 Å². The lowest BCUT2D eigenvalue weighted by Crippen LogP contribution is -2.60. The van der Waals surface area contributed by atoms with Crippen LogP contribution in [0.15, 0.2) is 206 Å². The number of fused-ring (bicyclic) bond motifs is 8. The largest absolute Gasteiger partial charge is 0.458 e. The average Bonchev–Trinajstić information content (AvgIpc) is 3.34. The molecule has 0 amide bonds. The third kappa shape index (κ3) is 5.68. The minimum atomic E-state index is -0.139. The van der Waals surface area contributed by atoms with Crippen LogP contribution in [0.1, 0.15) is 40.9 Å². The van der Waals surface area contributed by atoms with Crippen LogP contribution >= 0.6 is 0 Å². The van der Waals surface area contributed by atoms with E-state index >= 15 is 0 Å². The molecular formula is C58H39B2NO4. The highest BCUT2D eigenvalue weighted by Crippen LogP contribution is 2.59. The summed E-state index contributed by atoms with van der Waals surface area (Å²) in [5, 5.41) is 0. The first-order chi connectivity index (χ1) is 32.2. The van der Waals surface area contributed by atoms with Gasteiger partial charge in [-0.25, -0.2) is 0 Å². The van der Waals surface area contributed by atoms with Crippen molar-refractivity contribution in [2.24, 2.45) is 0 Å². The molecule has 3 atom stereocenters. The summed E-state index contributed by atoms with van der Waals surface area (Å²) >= 11 is 0. The van der Waals surface area contributed by atoms with Crippen LogP contribution in [-0.2, 0) is 0 Å². The van der Waals surface area contributed by atoms with Gasteiger partial charge < -0.3 is 23.8 Å². The van der Waals surface area contributed by atoms with Gasteiger partial charge >= 0.3 is 0 Å². The van der Waals surface area contributed by atoms with Gasteiger partial charge in [-0.1, -0.05) is 133 Å². The summed E-state index contributed by atoms with van der Waals surface area (Å²) < 4.78 is 28.1. The predicted octanol–water partition coefficient (Wildman–Crippen LogP) is 10.7. The number of benzene rings is 9. The highest BCUT2D eigenvalue weighted by molar-refractivity contribution is 7.00. The number of ether oxygens (including phenoxy) is 4. The van der Waals surface area contributed by atoms with Crippen molar-refractivity contribution in [3.63, 3.8) is 0 Å². The second kappa shape index (κ2) is 14.3. The fourth-order valence-electron chi connectivity index (χ4n) is 11.5. The highest BCUT2D eigenvalue weighted by atomic mass is 16.5. The molecule has 4 aliphatic heterocycles. The molecule has 2 unspecified atom stereocenters. The van der Waals surface area contributed by atoms with Gasteiger partial charge in [0.15, 0.2) is 0 Å². The van der Waals surface area contributed by atoms with E-state index in [1.165, 1.54) is 16.7 Å². The maximum atomic E-state index is 7.21. The maximum absolute atomic E-state index is 7.21. The number of nitrogens with zero attached hydrogens (tertiary/aromatic N) is 1. The van der Waals surface area contributed by atoms with Gasteiger partial charge in [0.25, 0.3) is 13.4 Å². The molecule has 0 radical (unpaired) electrons. The Bertz CT molecular complexity index is 3310. The Labute approximate surface area is 378 Å². The third-order valence-electron chi connectivity index (χ3n) is 14.4. The molecule has 1 aliphatic carbocycles. The lowest BCUT2D eigenvalue weighted by molar-refractivity contribution is 0.284. The Morgan fingerprint density at radius 1 is 0.323 bits per heavy atom. The molecule has 0 aromatic heterocycles. The fraction of sp³-hybridized carbons (Fsp3) is 0.0690. The Kier molecular flexibility index (Phi) is 8.06. The first-order valence-electron chi connectivity index (χ1n) is 22.6. The van der Waals surface area contributed by atoms with E-state index < -0.39 is 0 Å².